The predicted molar refractivity (Wildman–Crippen MR) is 101 cm³/mol. The van der Waals surface area contributed by atoms with E-state index in [9.17, 15) is 18.8 Å². The van der Waals surface area contributed by atoms with E-state index in [2.05, 4.69) is 5.32 Å². The molecule has 2 aromatic rings. The Bertz CT molecular complexity index is 878. The zero-order valence-electron chi connectivity index (χ0n) is 15.6. The highest BCUT2D eigenvalue weighted by Gasteiger charge is 2.45. The number of esters is 1. The topological polar surface area (TPSA) is 75.7 Å². The van der Waals surface area contributed by atoms with Gasteiger partial charge in [0.05, 0.1) is 5.92 Å². The molecular formula is C21H21FN2O4. The third kappa shape index (κ3) is 4.73. The van der Waals surface area contributed by atoms with Gasteiger partial charge in [-0.25, -0.2) is 4.39 Å². The summed E-state index contributed by atoms with van der Waals surface area (Å²) >= 11 is 0. The molecule has 7 heteroatoms. The van der Waals surface area contributed by atoms with Crippen molar-refractivity contribution in [3.05, 3.63) is 65.5 Å². The van der Waals surface area contributed by atoms with Gasteiger partial charge in [-0.1, -0.05) is 12.1 Å². The normalized spacial score (nSPS) is 17.5. The van der Waals surface area contributed by atoms with Gasteiger partial charge < -0.3 is 15.0 Å². The lowest BCUT2D eigenvalue weighted by Crippen LogP contribution is -2.22. The number of nitrogens with zero attached hydrogens (tertiary/aromatic N) is 1. The monoisotopic (exact) mass is 384 g/mol. The molecule has 1 aliphatic carbocycles. The molecule has 2 unspecified atom stereocenters. The molecule has 1 N–H and O–H groups in total. The van der Waals surface area contributed by atoms with Crippen LogP contribution in [0.15, 0.2) is 48.5 Å². The number of rotatable bonds is 6. The maximum atomic E-state index is 13.0. The standard InChI is InChI=1S/C21H21FN2O4/c1-24(2)20(26)14-5-9-16(10-6-14)23-19(25)12-28-21(27)18-11-17(18)13-3-7-15(22)8-4-13/h3-10,17-18H,11-12H2,1-2H3,(H,23,25). The Morgan fingerprint density at radius 2 is 1.71 bits per heavy atom. The number of carbonyl (C=O) groups excluding carboxylic acids is 3. The molecule has 146 valence electrons. The smallest absolute Gasteiger partial charge is 0.310 e. The van der Waals surface area contributed by atoms with Crippen LogP contribution in [0.4, 0.5) is 10.1 Å². The average molecular weight is 384 g/mol. The third-order valence-corrected chi connectivity index (χ3v) is 4.56. The Labute approximate surface area is 162 Å². The second kappa shape index (κ2) is 8.21. The molecule has 0 spiro atoms. The first kappa shape index (κ1) is 19.5. The second-order valence-corrected chi connectivity index (χ2v) is 6.93. The first-order chi connectivity index (χ1) is 13.3. The van der Waals surface area contributed by atoms with Crippen LogP contribution in [0, 0.1) is 11.7 Å². The van der Waals surface area contributed by atoms with E-state index in [1.54, 1.807) is 50.5 Å². The minimum absolute atomic E-state index is 0.0120. The van der Waals surface area contributed by atoms with Crippen molar-refractivity contribution in [2.45, 2.75) is 12.3 Å². The van der Waals surface area contributed by atoms with Crippen molar-refractivity contribution in [2.24, 2.45) is 5.92 Å². The molecule has 0 aliphatic heterocycles. The first-order valence-electron chi connectivity index (χ1n) is 8.89. The molecule has 1 aliphatic rings. The molecule has 3 rings (SSSR count). The minimum atomic E-state index is -0.459. The van der Waals surface area contributed by atoms with Gasteiger partial charge >= 0.3 is 5.97 Å². The molecule has 2 amide bonds. The number of nitrogens with one attached hydrogen (secondary N) is 1. The molecule has 2 aromatic carbocycles. The van der Waals surface area contributed by atoms with Crippen molar-refractivity contribution in [2.75, 3.05) is 26.0 Å². The van der Waals surface area contributed by atoms with E-state index in [1.165, 1.54) is 17.0 Å². The number of hydrogen-bond donors (Lipinski definition) is 1. The quantitative estimate of drug-likeness (QED) is 0.777. The molecule has 1 fully saturated rings. The van der Waals surface area contributed by atoms with Gasteiger partial charge in [-0.15, -0.1) is 0 Å². The summed E-state index contributed by atoms with van der Waals surface area (Å²) in [6, 6.07) is 12.5. The number of hydrogen-bond acceptors (Lipinski definition) is 4. The average Bonchev–Trinajstić information content (AvgIpc) is 3.47. The fraction of sp³-hybridized carbons (Fsp3) is 0.286. The molecule has 2 atom stereocenters. The number of halogens is 1. The summed E-state index contributed by atoms with van der Waals surface area (Å²) in [5.74, 6) is -1.63. The summed E-state index contributed by atoms with van der Waals surface area (Å²) in [6.07, 6.45) is 0.632. The Hall–Kier alpha value is -3.22. The van der Waals surface area contributed by atoms with Crippen LogP contribution in [-0.4, -0.2) is 43.4 Å². The van der Waals surface area contributed by atoms with E-state index in [0.29, 0.717) is 17.7 Å². The van der Waals surface area contributed by atoms with E-state index in [-0.39, 0.29) is 30.2 Å². The van der Waals surface area contributed by atoms with Crippen LogP contribution in [0.2, 0.25) is 0 Å². The van der Waals surface area contributed by atoms with Gasteiger partial charge in [0, 0.05) is 25.3 Å². The molecule has 0 saturated heterocycles. The van der Waals surface area contributed by atoms with Crippen molar-refractivity contribution in [3.63, 3.8) is 0 Å². The Kier molecular flexibility index (Phi) is 5.73. The number of amides is 2. The Balaban J connectivity index is 1.45. The highest BCUT2D eigenvalue weighted by molar-refractivity contribution is 5.96. The predicted octanol–water partition coefficient (Wildman–Crippen LogP) is 2.81. The molecule has 1 saturated carbocycles. The van der Waals surface area contributed by atoms with Crippen LogP contribution in [0.5, 0.6) is 0 Å². The van der Waals surface area contributed by atoms with Gasteiger partial charge in [-0.05, 0) is 54.3 Å². The van der Waals surface area contributed by atoms with Crippen LogP contribution < -0.4 is 5.32 Å². The van der Waals surface area contributed by atoms with Gasteiger partial charge in [0.2, 0.25) is 0 Å². The van der Waals surface area contributed by atoms with Gasteiger partial charge in [-0.3, -0.25) is 14.4 Å². The zero-order valence-corrected chi connectivity index (χ0v) is 15.6. The minimum Gasteiger partial charge on any atom is -0.455 e. The molecule has 0 heterocycles. The van der Waals surface area contributed by atoms with Crippen molar-refractivity contribution >= 4 is 23.5 Å². The van der Waals surface area contributed by atoms with E-state index in [1.807, 2.05) is 0 Å². The lowest BCUT2D eigenvalue weighted by atomic mass is 10.1. The molecule has 0 bridgehead atoms. The van der Waals surface area contributed by atoms with Crippen LogP contribution >= 0.6 is 0 Å². The molecular weight excluding hydrogens is 363 g/mol. The summed E-state index contributed by atoms with van der Waals surface area (Å²) in [4.78, 5) is 37.3. The molecule has 6 nitrogen and oxygen atoms in total. The highest BCUT2D eigenvalue weighted by Crippen LogP contribution is 2.48. The van der Waals surface area contributed by atoms with Gasteiger partial charge in [0.25, 0.3) is 11.8 Å². The van der Waals surface area contributed by atoms with Crippen molar-refractivity contribution in [1.82, 2.24) is 4.90 Å². The highest BCUT2D eigenvalue weighted by atomic mass is 19.1. The van der Waals surface area contributed by atoms with Crippen molar-refractivity contribution in [1.29, 1.82) is 0 Å². The Morgan fingerprint density at radius 1 is 1.07 bits per heavy atom. The molecule has 0 radical (unpaired) electrons. The lowest BCUT2D eigenvalue weighted by Gasteiger charge is -2.11. The molecule has 0 aromatic heterocycles. The largest absolute Gasteiger partial charge is 0.455 e. The zero-order chi connectivity index (χ0) is 20.3. The van der Waals surface area contributed by atoms with Crippen LogP contribution in [-0.2, 0) is 14.3 Å². The maximum Gasteiger partial charge on any atom is 0.310 e. The number of benzene rings is 2. The number of ether oxygens (including phenoxy) is 1. The van der Waals surface area contributed by atoms with Gasteiger partial charge in [0.15, 0.2) is 6.61 Å². The van der Waals surface area contributed by atoms with Crippen LogP contribution in [0.1, 0.15) is 28.3 Å². The van der Waals surface area contributed by atoms with Gasteiger partial charge in [0.1, 0.15) is 5.82 Å². The summed E-state index contributed by atoms with van der Waals surface area (Å²) in [5.41, 5.74) is 1.90. The summed E-state index contributed by atoms with van der Waals surface area (Å²) in [5, 5.41) is 2.62. The van der Waals surface area contributed by atoms with E-state index in [4.69, 9.17) is 4.74 Å². The summed E-state index contributed by atoms with van der Waals surface area (Å²) in [6.45, 7) is -0.385. The van der Waals surface area contributed by atoms with Crippen LogP contribution in [0.3, 0.4) is 0 Å². The van der Waals surface area contributed by atoms with Gasteiger partial charge in [-0.2, -0.15) is 0 Å². The van der Waals surface area contributed by atoms with Crippen LogP contribution in [0.25, 0.3) is 0 Å². The van der Waals surface area contributed by atoms with E-state index in [0.717, 1.165) is 5.56 Å². The number of anilines is 1. The van der Waals surface area contributed by atoms with Crippen molar-refractivity contribution in [3.8, 4) is 0 Å². The van der Waals surface area contributed by atoms with E-state index < -0.39 is 11.9 Å². The maximum absolute atomic E-state index is 13.0. The number of carbonyl (C=O) groups is 3. The lowest BCUT2D eigenvalue weighted by molar-refractivity contribution is -0.148. The SMILES string of the molecule is CN(C)C(=O)c1ccc(NC(=O)COC(=O)C2CC2c2ccc(F)cc2)cc1. The van der Waals surface area contributed by atoms with E-state index >= 15 is 0 Å². The third-order valence-electron chi connectivity index (χ3n) is 4.56. The summed E-state index contributed by atoms with van der Waals surface area (Å²) < 4.78 is 18.0. The fourth-order valence-electron chi connectivity index (χ4n) is 2.93. The molecule has 28 heavy (non-hydrogen) atoms. The second-order valence-electron chi connectivity index (χ2n) is 6.93. The van der Waals surface area contributed by atoms with Crippen molar-refractivity contribution < 1.29 is 23.5 Å². The Morgan fingerprint density at radius 3 is 2.32 bits per heavy atom. The first-order valence-corrected chi connectivity index (χ1v) is 8.89. The summed E-state index contributed by atoms with van der Waals surface area (Å²) in [7, 11) is 3.32. The fourth-order valence-corrected chi connectivity index (χ4v) is 2.93.